The summed E-state index contributed by atoms with van der Waals surface area (Å²) in [6, 6.07) is 1.82. The van der Waals surface area contributed by atoms with Crippen molar-refractivity contribution < 1.29 is 33.6 Å². The van der Waals surface area contributed by atoms with Gasteiger partial charge in [0, 0.05) is 12.7 Å². The number of rotatable bonds is 7. The molecule has 0 saturated carbocycles. The summed E-state index contributed by atoms with van der Waals surface area (Å²) in [5.41, 5.74) is -0.908. The van der Waals surface area contributed by atoms with Crippen molar-refractivity contribution in [1.82, 2.24) is 30.0 Å². The Morgan fingerprint density at radius 2 is 1.89 bits per heavy atom. The Hall–Kier alpha value is -2.36. The maximum absolute atomic E-state index is 14.5. The van der Waals surface area contributed by atoms with Crippen molar-refractivity contribution >= 4 is 15.9 Å². The number of hydrogen-bond acceptors (Lipinski definition) is 9. The Morgan fingerprint density at radius 1 is 1.14 bits per heavy atom. The van der Waals surface area contributed by atoms with Gasteiger partial charge in [0.05, 0.1) is 30.0 Å². The SMILES string of the molecule is CO[C@@H]1[C@@H](n2cc(-c3ccc(Br)c(F)c3F)nn2)[C@@H](O)[C@@H](CO)O[C@@H]1Cn1cc(C(C)(C)O)nn1. The van der Waals surface area contributed by atoms with Gasteiger partial charge in [-0.1, -0.05) is 10.4 Å². The normalized spacial score (nSPS) is 25.2. The first-order chi connectivity index (χ1) is 16.5. The molecule has 2 aromatic heterocycles. The average Bonchev–Trinajstić information content (AvgIpc) is 3.48. The van der Waals surface area contributed by atoms with E-state index in [0.29, 0.717) is 5.69 Å². The number of hydrogen-bond donors (Lipinski definition) is 3. The smallest absolute Gasteiger partial charge is 0.173 e. The Labute approximate surface area is 207 Å². The molecule has 3 heterocycles. The van der Waals surface area contributed by atoms with Gasteiger partial charge in [-0.2, -0.15) is 0 Å². The molecule has 0 unspecified atom stereocenters. The summed E-state index contributed by atoms with van der Waals surface area (Å²) in [7, 11) is 1.42. The van der Waals surface area contributed by atoms with E-state index in [9.17, 15) is 24.1 Å². The molecule has 5 atom stereocenters. The van der Waals surface area contributed by atoms with Crippen LogP contribution >= 0.6 is 15.9 Å². The molecule has 11 nitrogen and oxygen atoms in total. The summed E-state index contributed by atoms with van der Waals surface area (Å²) < 4.78 is 42.8. The van der Waals surface area contributed by atoms with E-state index in [0.717, 1.165) is 0 Å². The molecule has 190 valence electrons. The molecule has 0 amide bonds. The van der Waals surface area contributed by atoms with Crippen molar-refractivity contribution in [2.75, 3.05) is 13.7 Å². The summed E-state index contributed by atoms with van der Waals surface area (Å²) in [5.74, 6) is -2.15. The maximum atomic E-state index is 14.5. The Balaban J connectivity index is 1.66. The second-order valence-electron chi connectivity index (χ2n) is 8.77. The van der Waals surface area contributed by atoms with E-state index in [2.05, 4.69) is 36.6 Å². The molecule has 35 heavy (non-hydrogen) atoms. The first-order valence-corrected chi connectivity index (χ1v) is 11.5. The third-order valence-electron chi connectivity index (χ3n) is 5.89. The van der Waals surface area contributed by atoms with Gasteiger partial charge in [0.25, 0.3) is 0 Å². The molecular formula is C21H25BrF2N6O5. The third-order valence-corrected chi connectivity index (χ3v) is 6.51. The predicted molar refractivity (Wildman–Crippen MR) is 120 cm³/mol. The lowest BCUT2D eigenvalue weighted by molar-refractivity contribution is -0.216. The highest BCUT2D eigenvalue weighted by molar-refractivity contribution is 9.10. The van der Waals surface area contributed by atoms with Crippen molar-refractivity contribution in [3.05, 3.63) is 46.3 Å². The lowest BCUT2D eigenvalue weighted by Gasteiger charge is -2.43. The van der Waals surface area contributed by atoms with Crippen LogP contribution in [0.2, 0.25) is 0 Å². The lowest BCUT2D eigenvalue weighted by atomic mass is 9.92. The van der Waals surface area contributed by atoms with E-state index in [1.165, 1.54) is 34.8 Å². The van der Waals surface area contributed by atoms with Crippen molar-refractivity contribution in [3.63, 3.8) is 0 Å². The largest absolute Gasteiger partial charge is 0.394 e. The molecule has 14 heteroatoms. The topological polar surface area (TPSA) is 141 Å². The van der Waals surface area contributed by atoms with E-state index < -0.39 is 54.3 Å². The van der Waals surface area contributed by atoms with Gasteiger partial charge in [0.1, 0.15) is 47.4 Å². The lowest BCUT2D eigenvalue weighted by Crippen LogP contribution is -2.57. The first kappa shape index (κ1) is 25.7. The minimum absolute atomic E-state index is 0.0278. The molecular weight excluding hydrogens is 534 g/mol. The van der Waals surface area contributed by atoms with Gasteiger partial charge < -0.3 is 24.8 Å². The number of aliphatic hydroxyl groups excluding tert-OH is 2. The molecule has 0 bridgehead atoms. The second kappa shape index (κ2) is 9.95. The molecule has 0 spiro atoms. The van der Waals surface area contributed by atoms with Gasteiger partial charge in [0.15, 0.2) is 11.6 Å². The predicted octanol–water partition coefficient (Wildman–Crippen LogP) is 1.18. The number of halogens is 3. The minimum Gasteiger partial charge on any atom is -0.394 e. The number of benzene rings is 1. The summed E-state index contributed by atoms with van der Waals surface area (Å²) in [6.07, 6.45) is -0.861. The summed E-state index contributed by atoms with van der Waals surface area (Å²) >= 11 is 2.94. The highest BCUT2D eigenvalue weighted by Gasteiger charge is 2.47. The van der Waals surface area contributed by atoms with E-state index in [1.54, 1.807) is 20.0 Å². The monoisotopic (exact) mass is 558 g/mol. The minimum atomic E-state index is -1.26. The van der Waals surface area contributed by atoms with Gasteiger partial charge in [-0.05, 0) is 41.9 Å². The molecule has 1 aromatic carbocycles. The molecule has 4 rings (SSSR count). The number of ether oxygens (including phenoxy) is 2. The molecule has 0 aliphatic carbocycles. The van der Waals surface area contributed by atoms with Gasteiger partial charge in [-0.3, -0.25) is 0 Å². The van der Waals surface area contributed by atoms with E-state index in [4.69, 9.17) is 9.47 Å². The molecule has 1 aliphatic rings. The molecule has 1 saturated heterocycles. The zero-order valence-corrected chi connectivity index (χ0v) is 20.7. The molecule has 3 N–H and O–H groups in total. The summed E-state index contributed by atoms with van der Waals surface area (Å²) in [4.78, 5) is 0. The van der Waals surface area contributed by atoms with Crippen LogP contribution in [0.25, 0.3) is 11.3 Å². The van der Waals surface area contributed by atoms with Crippen molar-refractivity contribution in [3.8, 4) is 11.3 Å². The molecule has 0 radical (unpaired) electrons. The quantitative estimate of drug-likeness (QED) is 0.364. The maximum Gasteiger partial charge on any atom is 0.173 e. The van der Waals surface area contributed by atoms with Crippen molar-refractivity contribution in [2.45, 2.75) is 56.5 Å². The van der Waals surface area contributed by atoms with Crippen LogP contribution in [0.4, 0.5) is 8.78 Å². The fourth-order valence-electron chi connectivity index (χ4n) is 4.03. The first-order valence-electron chi connectivity index (χ1n) is 10.7. The Bertz CT molecular complexity index is 1190. The average molecular weight is 559 g/mol. The fraction of sp³-hybridized carbons (Fsp3) is 0.524. The Morgan fingerprint density at radius 3 is 2.51 bits per heavy atom. The third kappa shape index (κ3) is 4.99. The molecule has 3 aromatic rings. The highest BCUT2D eigenvalue weighted by Crippen LogP contribution is 2.34. The summed E-state index contributed by atoms with van der Waals surface area (Å²) in [6.45, 7) is 2.78. The fourth-order valence-corrected chi connectivity index (χ4v) is 4.34. The van der Waals surface area contributed by atoms with Crippen LogP contribution in [0.5, 0.6) is 0 Å². The number of aromatic nitrogens is 6. The van der Waals surface area contributed by atoms with E-state index >= 15 is 0 Å². The zero-order chi connectivity index (χ0) is 25.5. The number of nitrogens with zero attached hydrogens (tertiary/aromatic N) is 6. The van der Waals surface area contributed by atoms with Gasteiger partial charge in [0.2, 0.25) is 0 Å². The van der Waals surface area contributed by atoms with Crippen LogP contribution in [0, 0.1) is 11.6 Å². The van der Waals surface area contributed by atoms with E-state index in [-0.39, 0.29) is 22.3 Å². The van der Waals surface area contributed by atoms with Crippen LogP contribution in [-0.2, 0) is 21.6 Å². The molecule has 1 aliphatic heterocycles. The van der Waals surface area contributed by atoms with Crippen LogP contribution in [0.3, 0.4) is 0 Å². The van der Waals surface area contributed by atoms with Crippen molar-refractivity contribution in [2.24, 2.45) is 0 Å². The van der Waals surface area contributed by atoms with Gasteiger partial charge in [-0.25, -0.2) is 18.1 Å². The van der Waals surface area contributed by atoms with Gasteiger partial charge >= 0.3 is 0 Å². The number of methoxy groups -OCH3 is 1. The van der Waals surface area contributed by atoms with Gasteiger partial charge in [-0.15, -0.1) is 10.2 Å². The van der Waals surface area contributed by atoms with Crippen LogP contribution < -0.4 is 0 Å². The van der Waals surface area contributed by atoms with Crippen LogP contribution in [0.1, 0.15) is 25.6 Å². The van der Waals surface area contributed by atoms with Crippen LogP contribution in [-0.4, -0.2) is 83.4 Å². The highest BCUT2D eigenvalue weighted by atomic mass is 79.9. The molecule has 1 fully saturated rings. The van der Waals surface area contributed by atoms with Crippen molar-refractivity contribution in [1.29, 1.82) is 0 Å². The zero-order valence-electron chi connectivity index (χ0n) is 19.1. The van der Waals surface area contributed by atoms with Crippen LogP contribution in [0.15, 0.2) is 29.0 Å². The number of aliphatic hydroxyl groups is 3. The Kier molecular flexibility index (Phi) is 7.31. The van der Waals surface area contributed by atoms with E-state index in [1.807, 2.05) is 0 Å². The second-order valence-corrected chi connectivity index (χ2v) is 9.62. The standard InChI is InChI=1S/C21H25BrF2N6O5/c1-21(2,33)15-8-29(27-26-15)7-13-20(34-3)18(19(32)14(9-31)35-13)30-6-12(25-28-30)10-4-5-11(22)17(24)16(10)23/h4-6,8,13-14,18-20,31-33H,7,9H2,1-3H3/t13-,14-,18+,19+,20+/m1/s1. The summed E-state index contributed by atoms with van der Waals surface area (Å²) in [5, 5.41) is 46.9.